The van der Waals surface area contributed by atoms with Gasteiger partial charge in [0.15, 0.2) is 11.6 Å². The number of esters is 1. The van der Waals surface area contributed by atoms with E-state index in [1.807, 2.05) is 164 Å². The minimum atomic E-state index is -1.06. The molecule has 16 rings (SSSR count). The number of aryl methyl sites for hydroxylation is 3. The summed E-state index contributed by atoms with van der Waals surface area (Å²) in [5.41, 5.74) is 21.9. The number of aliphatic imine (C=N–C) groups is 1. The molecule has 3 heterocycles. The first-order valence-electron chi connectivity index (χ1n) is 39.3. The number of aromatic nitrogens is 2. The van der Waals surface area contributed by atoms with Gasteiger partial charge in [0.25, 0.3) is 0 Å². The average molecular weight is 1610 g/mol. The fraction of sp³-hybridized carbons (Fsp3) is 0.167. The number of ketones is 1. The van der Waals surface area contributed by atoms with Crippen LogP contribution in [0.1, 0.15) is 125 Å². The fourth-order valence-electron chi connectivity index (χ4n) is 13.6. The van der Waals surface area contributed by atoms with Crippen LogP contribution in [-0.4, -0.2) is 84.4 Å². The molecule has 0 amide bonds. The Bertz CT molecular complexity index is 5930. The third kappa shape index (κ3) is 22.1. The molecule has 0 fully saturated rings. The minimum Gasteiger partial charge on any atom is -0.508 e. The van der Waals surface area contributed by atoms with Crippen LogP contribution in [-0.2, 0) is 31.6 Å². The molecule has 1 aromatic heterocycles. The van der Waals surface area contributed by atoms with Gasteiger partial charge in [-0.15, -0.1) is 10.2 Å². The molecule has 2 aliphatic heterocycles. The van der Waals surface area contributed by atoms with Crippen molar-refractivity contribution in [2.75, 3.05) is 19.5 Å². The number of anilines is 1. The van der Waals surface area contributed by atoms with E-state index in [4.69, 9.17) is 29.8 Å². The van der Waals surface area contributed by atoms with Gasteiger partial charge >= 0.3 is 11.9 Å². The molecule has 2 aliphatic rings. The molecule has 0 aliphatic carbocycles. The van der Waals surface area contributed by atoms with Crippen LogP contribution >= 0.6 is 0 Å². The molecule has 0 saturated carbocycles. The highest BCUT2D eigenvalue weighted by Crippen LogP contribution is 2.45. The molecule has 0 spiro atoms. The van der Waals surface area contributed by atoms with Gasteiger partial charge in [0.05, 0.1) is 42.3 Å². The summed E-state index contributed by atoms with van der Waals surface area (Å²) in [7, 11) is 3.09. The Balaban J connectivity index is 0.000000146. The van der Waals surface area contributed by atoms with Crippen molar-refractivity contribution in [2.24, 2.45) is 15.2 Å². The van der Waals surface area contributed by atoms with E-state index in [9.17, 15) is 34.8 Å². The minimum absolute atomic E-state index is 0.0571. The number of para-hydroxylation sites is 4. The number of methoxy groups -OCH3 is 2. The molecule has 121 heavy (non-hydrogen) atoms. The number of carboxylic acids is 1. The second-order valence-electron chi connectivity index (χ2n) is 31.1. The van der Waals surface area contributed by atoms with E-state index >= 15 is 0 Å². The number of hydrogen-bond donors (Lipinski definition) is 9. The van der Waals surface area contributed by atoms with Gasteiger partial charge in [-0.05, 0) is 150 Å². The third-order valence-electron chi connectivity index (χ3n) is 20.0. The molecular formula is C102H99N7O12. The van der Waals surface area contributed by atoms with Gasteiger partial charge < -0.3 is 50.4 Å². The van der Waals surface area contributed by atoms with Crippen molar-refractivity contribution in [3.8, 4) is 84.9 Å². The van der Waals surface area contributed by atoms with E-state index in [1.165, 1.54) is 37.8 Å². The van der Waals surface area contributed by atoms with Crippen LogP contribution in [0.2, 0.25) is 0 Å². The summed E-state index contributed by atoms with van der Waals surface area (Å²) in [6.07, 6.45) is 0.107. The van der Waals surface area contributed by atoms with Crippen molar-refractivity contribution >= 4 is 57.2 Å². The standard InChI is InChI=1S/C26H28N2O2.C22H18N2O.C22H22O2.C12H10N2O2.C10H11NO2.C10H10O3/c1-16-11-17(2)13-19(12-16)21-14-20(26(3,4)5)15-22(23(21)29)25-27-24(28-30-25)18-9-7-6-8-10-18;1-25-19-15-9-8-14-18(19)22-23-20(16-10-4-2-5-11-16)21(24-22)17-12-6-3-7-13-17;1-14(23)19-12-16(22(2,3)4)13-20(21(19)24)18-11-7-9-15-8-5-6-10-17(15)18;15-11-7-3-1-5-9(11)13-14-10-6-2-4-8-12(10)16;1-13-10(12)9-6-7-4-2-3-5-8(7)11-9;1-6-3-4-8(7(2)11)9(5-6)10(12)13/h6-15,25,29H,1-5H3,(H,27,28);2-15H,1H3,(H,23,24);5-13,24H,1-4H3;1-8,15-16H;2-5,9,11H,6H2,1H3;3-5,11H,2H2,1H3,(H,12,13). The monoisotopic (exact) mass is 1610 g/mol. The number of Topliss-reactive ketones (excluding diaryl/α,β-unsaturated/α-hetero) is 1. The SMILES string of the molecule is C=C(O)c1ccc(C)cc1C(=O)O.CC(=O)c1cc(C(C)(C)C)cc(-c2cccc3ccccc23)c1O.COC(=O)C1Cc2ccccc2N1.COc1ccccc1-c1nc(-c2ccccc2)c(-c2ccccc2)[nH]1.Cc1cc(C)cc(-c2cc(C(C)(C)C)cc(C3N=C(c4ccccc4)NO3)c2O)c1.Oc1ccccc1N=Nc1ccccc1O. The number of nitrogens with zero attached hydrogens (tertiary/aromatic N) is 4. The Kier molecular flexibility index (Phi) is 28.5. The maximum atomic E-state index is 12.0. The van der Waals surface area contributed by atoms with Crippen molar-refractivity contribution in [1.82, 2.24) is 15.4 Å². The highest BCUT2D eigenvalue weighted by atomic mass is 16.7. The smallest absolute Gasteiger partial charge is 0.336 e. The highest BCUT2D eigenvalue weighted by Gasteiger charge is 2.30. The molecular weight excluding hydrogens is 1520 g/mol. The normalized spacial score (nSPS) is 13.0. The predicted octanol–water partition coefficient (Wildman–Crippen LogP) is 24.0. The number of rotatable bonds is 14. The number of aliphatic hydroxyl groups excluding tert-OH is 1. The van der Waals surface area contributed by atoms with Gasteiger partial charge in [0, 0.05) is 51.1 Å². The van der Waals surface area contributed by atoms with Gasteiger partial charge in [-0.1, -0.05) is 283 Å². The summed E-state index contributed by atoms with van der Waals surface area (Å²) >= 11 is 0. The van der Waals surface area contributed by atoms with Crippen LogP contribution in [0.5, 0.6) is 28.7 Å². The Morgan fingerprint density at radius 2 is 1.04 bits per heavy atom. The lowest BCUT2D eigenvalue weighted by Crippen LogP contribution is -2.27. The number of fused-ring (bicyclic) bond motifs is 2. The summed E-state index contributed by atoms with van der Waals surface area (Å²) in [5, 5.41) is 71.7. The number of carbonyl (C=O) groups is 3. The van der Waals surface area contributed by atoms with Crippen molar-refractivity contribution in [1.29, 1.82) is 0 Å². The number of carboxylic acid groups (broad SMARTS) is 1. The van der Waals surface area contributed by atoms with Crippen LogP contribution in [0.15, 0.2) is 313 Å². The number of hydrogen-bond acceptors (Lipinski definition) is 17. The van der Waals surface area contributed by atoms with Crippen molar-refractivity contribution in [2.45, 2.75) is 98.8 Å². The zero-order valence-electron chi connectivity index (χ0n) is 69.7. The Morgan fingerprint density at radius 1 is 0.504 bits per heavy atom. The molecule has 19 heteroatoms. The molecule has 13 aromatic carbocycles. The van der Waals surface area contributed by atoms with E-state index in [-0.39, 0.29) is 68.5 Å². The zero-order valence-corrected chi connectivity index (χ0v) is 69.7. The molecule has 2 atom stereocenters. The maximum Gasteiger partial charge on any atom is 0.336 e. The van der Waals surface area contributed by atoms with E-state index in [1.54, 1.807) is 62.6 Å². The molecule has 0 saturated heterocycles. The highest BCUT2D eigenvalue weighted by molar-refractivity contribution is 6.04. The number of H-pyrrole nitrogens is 1. The van der Waals surface area contributed by atoms with Crippen molar-refractivity contribution in [3.05, 3.63) is 359 Å². The second-order valence-corrected chi connectivity index (χ2v) is 31.1. The van der Waals surface area contributed by atoms with E-state index in [2.05, 4.69) is 153 Å². The zero-order chi connectivity index (χ0) is 86.7. The molecule has 0 radical (unpaired) electrons. The number of nitrogens with one attached hydrogen (secondary N) is 3. The summed E-state index contributed by atoms with van der Waals surface area (Å²) in [6, 6.07) is 92.3. The maximum absolute atomic E-state index is 12.0. The summed E-state index contributed by atoms with van der Waals surface area (Å²) < 4.78 is 10.2. The summed E-state index contributed by atoms with van der Waals surface area (Å²) in [6.45, 7) is 23.5. The van der Waals surface area contributed by atoms with Crippen LogP contribution < -0.4 is 15.5 Å². The van der Waals surface area contributed by atoms with Gasteiger partial charge in [0.2, 0.25) is 6.23 Å². The van der Waals surface area contributed by atoms with Crippen LogP contribution in [0.3, 0.4) is 0 Å². The lowest BCUT2D eigenvalue weighted by atomic mass is 9.82. The number of ether oxygens (including phenoxy) is 2. The number of imidazole rings is 1. The Hall–Kier alpha value is -14.7. The number of aromatic carboxylic acids is 1. The first kappa shape index (κ1) is 87.2. The molecule has 0 bridgehead atoms. The topological polar surface area (TPSA) is 290 Å². The first-order chi connectivity index (χ1) is 58.0. The van der Waals surface area contributed by atoms with Gasteiger partial charge in [-0.25, -0.2) is 29.9 Å². The van der Waals surface area contributed by atoms with Crippen LogP contribution in [0, 0.1) is 20.8 Å². The summed E-state index contributed by atoms with van der Waals surface area (Å²) in [5.74, 6) is 1.04. The van der Waals surface area contributed by atoms with Crippen LogP contribution in [0.4, 0.5) is 17.1 Å². The number of azo groups is 1. The van der Waals surface area contributed by atoms with Crippen LogP contribution in [0.25, 0.3) is 72.7 Å². The van der Waals surface area contributed by atoms with Crippen molar-refractivity contribution < 1.29 is 59.3 Å². The number of phenolic OH excluding ortho intramolecular Hbond substituents is 4. The number of carbonyl (C=O) groups excluding carboxylic acids is 2. The Morgan fingerprint density at radius 3 is 1.63 bits per heavy atom. The van der Waals surface area contributed by atoms with E-state index in [0.29, 0.717) is 33.9 Å². The average Bonchev–Trinajstić information content (AvgIpc) is 1.44. The second kappa shape index (κ2) is 39.5. The third-order valence-corrected chi connectivity index (χ3v) is 20.0. The molecule has 9 N–H and O–H groups in total. The number of phenols is 4. The number of aliphatic hydroxyl groups is 1. The lowest BCUT2D eigenvalue weighted by Gasteiger charge is -2.23. The van der Waals surface area contributed by atoms with Gasteiger partial charge in [-0.3, -0.25) is 4.79 Å². The van der Waals surface area contributed by atoms with Gasteiger partial charge in [0.1, 0.15) is 57.7 Å². The fourth-order valence-corrected chi connectivity index (χ4v) is 13.6. The summed E-state index contributed by atoms with van der Waals surface area (Å²) in [4.78, 5) is 52.8. The molecule has 2 unspecified atom stereocenters. The molecule has 14 aromatic rings. The molecule has 19 nitrogen and oxygen atoms in total. The number of aromatic amines is 1. The lowest BCUT2D eigenvalue weighted by molar-refractivity contribution is -0.141. The number of amidine groups is 1. The number of aromatic hydroxyl groups is 4. The quantitative estimate of drug-likeness (QED) is 0.0212. The number of benzene rings is 13. The number of hydroxylamine groups is 1. The van der Waals surface area contributed by atoms with E-state index < -0.39 is 12.2 Å². The van der Waals surface area contributed by atoms with Gasteiger partial charge in [-0.2, -0.15) is 0 Å². The van der Waals surface area contributed by atoms with Crippen molar-refractivity contribution in [3.63, 3.8) is 0 Å². The molecule has 614 valence electrons. The predicted molar refractivity (Wildman–Crippen MR) is 483 cm³/mol. The Labute approximate surface area is 705 Å². The largest absolute Gasteiger partial charge is 0.508 e. The first-order valence-corrected chi connectivity index (χ1v) is 39.3. The van der Waals surface area contributed by atoms with E-state index in [0.717, 1.165) is 113 Å².